The first-order valence-corrected chi connectivity index (χ1v) is 9.11. The number of H-pyrrole nitrogens is 1. The van der Waals surface area contributed by atoms with E-state index in [-0.39, 0.29) is 5.75 Å². The number of aromatic amines is 1. The minimum Gasteiger partial charge on any atom is -0.507 e. The maximum absolute atomic E-state index is 9.67. The van der Waals surface area contributed by atoms with Gasteiger partial charge in [-0.2, -0.15) is 18.4 Å². The van der Waals surface area contributed by atoms with Gasteiger partial charge in [0, 0.05) is 28.7 Å². The van der Waals surface area contributed by atoms with Crippen LogP contribution in [0, 0.1) is 0 Å². The van der Waals surface area contributed by atoms with Crippen LogP contribution in [0.1, 0.15) is 5.56 Å². The number of benzene rings is 2. The van der Waals surface area contributed by atoms with E-state index >= 15 is 0 Å². The predicted octanol–water partition coefficient (Wildman–Crippen LogP) is 5.53. The van der Waals surface area contributed by atoms with Crippen molar-refractivity contribution in [3.63, 3.8) is 0 Å². The zero-order valence-corrected chi connectivity index (χ0v) is 16.7. The minimum atomic E-state index is -3.67. The molecular weight excluding hydrogens is 479 g/mol. The molecule has 0 aliphatic carbocycles. The monoisotopic (exact) mass is 489 g/mol. The van der Waals surface area contributed by atoms with E-state index < -0.39 is 6.68 Å². The van der Waals surface area contributed by atoms with Crippen molar-refractivity contribution in [2.75, 3.05) is 5.32 Å². The maximum atomic E-state index is 9.67. The van der Waals surface area contributed by atoms with Crippen molar-refractivity contribution in [2.45, 2.75) is 13.2 Å². The summed E-state index contributed by atoms with van der Waals surface area (Å²) < 4.78 is 35.3. The highest BCUT2D eigenvalue weighted by Crippen LogP contribution is 2.31. The summed E-state index contributed by atoms with van der Waals surface area (Å²) in [4.78, 5) is 0. The number of furan rings is 1. The zero-order chi connectivity index (χ0) is 21.0. The highest BCUT2D eigenvalue weighted by atomic mass is 79.9. The summed E-state index contributed by atoms with van der Waals surface area (Å²) >= 11 is 9.65. The number of nitrogens with one attached hydrogen (secondary N) is 2. The molecule has 4 aromatic rings. The van der Waals surface area contributed by atoms with Crippen molar-refractivity contribution >= 4 is 44.2 Å². The third-order valence-corrected chi connectivity index (χ3v) is 4.67. The van der Waals surface area contributed by atoms with E-state index in [9.17, 15) is 18.3 Å². The lowest BCUT2D eigenvalue weighted by Crippen LogP contribution is -2.00. The van der Waals surface area contributed by atoms with E-state index in [0.717, 1.165) is 16.6 Å². The lowest BCUT2D eigenvalue weighted by Gasteiger charge is -2.09. The Bertz CT molecular complexity index is 1110. The minimum absolute atomic E-state index is 0.192. The number of phenols is 1. The molecule has 0 amide bonds. The van der Waals surface area contributed by atoms with Crippen LogP contribution in [0.5, 0.6) is 5.75 Å². The molecule has 4 rings (SSSR count). The van der Waals surface area contributed by atoms with Gasteiger partial charge in [-0.25, -0.2) is 0 Å². The highest BCUT2D eigenvalue weighted by molar-refractivity contribution is 9.10. The van der Waals surface area contributed by atoms with Crippen LogP contribution in [0.4, 0.5) is 18.9 Å². The van der Waals surface area contributed by atoms with Gasteiger partial charge in [-0.15, -0.1) is 10.2 Å². The Morgan fingerprint density at radius 1 is 1.21 bits per heavy atom. The van der Waals surface area contributed by atoms with Gasteiger partial charge in [-0.3, -0.25) is 0 Å². The van der Waals surface area contributed by atoms with E-state index in [2.05, 4.69) is 41.9 Å². The number of alkyl halides is 3. The molecule has 0 atom stereocenters. The van der Waals surface area contributed by atoms with Gasteiger partial charge in [0.05, 0.1) is 4.47 Å². The fourth-order valence-corrected chi connectivity index (χ4v) is 3.03. The van der Waals surface area contributed by atoms with Crippen LogP contribution in [0.15, 0.2) is 45.3 Å². The Hall–Kier alpha value is -2.79. The molecule has 0 unspecified atom stereocenters. The maximum Gasteiger partial charge on any atom is 0.379 e. The first-order valence-electron chi connectivity index (χ1n) is 7.94. The van der Waals surface area contributed by atoms with Crippen LogP contribution in [-0.4, -0.2) is 32.4 Å². The Morgan fingerprint density at radius 3 is 2.62 bits per heavy atom. The number of nitrogens with zero attached hydrogens (tertiary/aromatic N) is 3. The Kier molecular flexibility index (Phi) is 6.60. The van der Waals surface area contributed by atoms with Crippen molar-refractivity contribution in [1.29, 1.82) is 0 Å². The molecule has 3 N–H and O–H groups in total. The summed E-state index contributed by atoms with van der Waals surface area (Å²) in [5, 5.41) is 28.0. The number of hydrogen-bond acceptors (Lipinski definition) is 6. The van der Waals surface area contributed by atoms with Crippen LogP contribution >= 0.6 is 27.5 Å². The van der Waals surface area contributed by atoms with Crippen molar-refractivity contribution in [3.8, 4) is 17.3 Å². The molecular formula is C17H12BrClF3N5O2. The average Bonchev–Trinajstić information content (AvgIpc) is 3.31. The van der Waals surface area contributed by atoms with Gasteiger partial charge >= 0.3 is 6.68 Å². The van der Waals surface area contributed by atoms with Gasteiger partial charge in [0.25, 0.3) is 0 Å². The van der Waals surface area contributed by atoms with Gasteiger partial charge in [-0.05, 0) is 57.0 Å². The Labute approximate surface area is 175 Å². The lowest BCUT2D eigenvalue weighted by atomic mass is 10.1. The molecule has 0 bridgehead atoms. The quantitative estimate of drug-likeness (QED) is 0.326. The molecule has 0 fully saturated rings. The van der Waals surface area contributed by atoms with E-state index in [0.29, 0.717) is 33.2 Å². The number of phenolic OH excluding ortho intramolecular Hbond substituents is 1. The summed E-state index contributed by atoms with van der Waals surface area (Å²) in [5.74, 6) is 1.10. The molecule has 2 heterocycles. The number of anilines is 1. The molecule has 2 aromatic carbocycles. The summed E-state index contributed by atoms with van der Waals surface area (Å²) in [5.41, 5.74) is 2.43. The second kappa shape index (κ2) is 9.14. The normalized spacial score (nSPS) is 10.8. The standard InChI is InChI=1S/C16H11BrClN5O2.CHF3/c17-11-5-10(1-2-13(11)24)19-7-9-3-8-4-15(16-20-22-23-21-16)25-14(8)6-12(9)18;2-1(3)4/h1-6,19,24H,7H2,(H,20,21,22,23);1H. The van der Waals surface area contributed by atoms with Gasteiger partial charge < -0.3 is 14.8 Å². The fraction of sp³-hybridized carbons (Fsp3) is 0.118. The highest BCUT2D eigenvalue weighted by Gasteiger charge is 2.13. The molecule has 2 aromatic heterocycles. The zero-order valence-electron chi connectivity index (χ0n) is 14.3. The number of halogens is 5. The van der Waals surface area contributed by atoms with Crippen molar-refractivity contribution in [1.82, 2.24) is 20.6 Å². The number of tetrazole rings is 1. The molecule has 0 radical (unpaired) electrons. The van der Waals surface area contributed by atoms with Crippen molar-refractivity contribution in [3.05, 3.63) is 51.5 Å². The van der Waals surface area contributed by atoms with Crippen LogP contribution in [0.25, 0.3) is 22.6 Å². The summed E-state index contributed by atoms with van der Waals surface area (Å²) in [6, 6.07) is 10.8. The topological polar surface area (TPSA) is 99.9 Å². The van der Waals surface area contributed by atoms with Crippen molar-refractivity contribution in [2.24, 2.45) is 0 Å². The molecule has 0 saturated heterocycles. The van der Waals surface area contributed by atoms with Gasteiger partial charge in [-0.1, -0.05) is 11.6 Å². The summed E-state index contributed by atoms with van der Waals surface area (Å²) in [6.45, 7) is -3.14. The fourth-order valence-electron chi connectivity index (χ4n) is 2.44. The second-order valence-corrected chi connectivity index (χ2v) is 6.86. The van der Waals surface area contributed by atoms with Gasteiger partial charge in [0.2, 0.25) is 5.82 Å². The Balaban J connectivity index is 0.000000552. The molecule has 152 valence electrons. The number of fused-ring (bicyclic) bond motifs is 1. The first-order chi connectivity index (χ1) is 13.8. The second-order valence-electron chi connectivity index (χ2n) is 5.59. The third kappa shape index (κ3) is 5.39. The molecule has 0 aliphatic rings. The number of hydrogen-bond donors (Lipinski definition) is 3. The van der Waals surface area contributed by atoms with Crippen LogP contribution in [0.2, 0.25) is 5.02 Å². The molecule has 0 aliphatic heterocycles. The van der Waals surface area contributed by atoms with E-state index in [1.54, 1.807) is 24.3 Å². The molecule has 7 nitrogen and oxygen atoms in total. The number of rotatable bonds is 4. The van der Waals surface area contributed by atoms with Crippen LogP contribution in [-0.2, 0) is 6.54 Å². The van der Waals surface area contributed by atoms with E-state index in [1.807, 2.05) is 12.1 Å². The molecule has 29 heavy (non-hydrogen) atoms. The predicted molar refractivity (Wildman–Crippen MR) is 105 cm³/mol. The molecule has 12 heteroatoms. The molecule has 0 saturated carbocycles. The van der Waals surface area contributed by atoms with Gasteiger partial charge in [0.1, 0.15) is 11.3 Å². The van der Waals surface area contributed by atoms with Crippen LogP contribution < -0.4 is 5.32 Å². The van der Waals surface area contributed by atoms with E-state index in [1.165, 1.54) is 0 Å². The number of aromatic hydroxyl groups is 1. The Morgan fingerprint density at radius 2 is 1.97 bits per heavy atom. The first kappa shape index (κ1) is 20.9. The lowest BCUT2D eigenvalue weighted by molar-refractivity contribution is 0.00819. The van der Waals surface area contributed by atoms with Crippen molar-refractivity contribution < 1.29 is 22.7 Å². The summed E-state index contributed by atoms with van der Waals surface area (Å²) in [7, 11) is 0. The van der Waals surface area contributed by atoms with Crippen LogP contribution in [0.3, 0.4) is 0 Å². The van der Waals surface area contributed by atoms with E-state index in [4.69, 9.17) is 16.0 Å². The third-order valence-electron chi connectivity index (χ3n) is 3.68. The largest absolute Gasteiger partial charge is 0.507 e. The smallest absolute Gasteiger partial charge is 0.379 e. The SMILES string of the molecule is FC(F)F.Oc1ccc(NCc2cc3cc(-c4nn[nH]n4)oc3cc2Cl)cc1Br. The average molecular weight is 491 g/mol. The van der Waals surface area contributed by atoms with Gasteiger partial charge in [0.15, 0.2) is 5.76 Å². The number of aromatic nitrogens is 4. The summed E-state index contributed by atoms with van der Waals surface area (Å²) in [6.07, 6.45) is 0. The molecule has 0 spiro atoms.